The summed E-state index contributed by atoms with van der Waals surface area (Å²) in [7, 11) is 1.85. The van der Waals surface area contributed by atoms with Crippen LogP contribution in [0.4, 0.5) is 10.2 Å². The van der Waals surface area contributed by atoms with Crippen LogP contribution >= 0.6 is 0 Å². The number of anilines is 1. The fourth-order valence-corrected chi connectivity index (χ4v) is 2.30. The van der Waals surface area contributed by atoms with Crippen molar-refractivity contribution < 1.29 is 4.39 Å². The van der Waals surface area contributed by atoms with E-state index in [1.165, 1.54) is 12.1 Å². The SMILES string of the molecule is Cc1nn(C)cc1-c1[nH]nc(N)c1-c1ccc(F)cc1. The first-order valence-corrected chi connectivity index (χ1v) is 6.16. The van der Waals surface area contributed by atoms with Crippen molar-refractivity contribution in [3.63, 3.8) is 0 Å². The van der Waals surface area contributed by atoms with Crippen LogP contribution in [0.25, 0.3) is 22.4 Å². The number of nitrogen functional groups attached to an aromatic ring is 1. The van der Waals surface area contributed by atoms with Crippen LogP contribution in [0.3, 0.4) is 0 Å². The van der Waals surface area contributed by atoms with Gasteiger partial charge in [0.2, 0.25) is 0 Å². The van der Waals surface area contributed by atoms with Crippen LogP contribution in [0, 0.1) is 12.7 Å². The number of halogens is 1. The quantitative estimate of drug-likeness (QED) is 0.752. The van der Waals surface area contributed by atoms with E-state index in [0.717, 1.165) is 28.1 Å². The highest BCUT2D eigenvalue weighted by atomic mass is 19.1. The minimum atomic E-state index is -0.282. The van der Waals surface area contributed by atoms with Crippen LogP contribution in [0.2, 0.25) is 0 Å². The number of H-pyrrole nitrogens is 1. The molecule has 2 heterocycles. The first-order valence-electron chi connectivity index (χ1n) is 6.16. The average molecular weight is 271 g/mol. The van der Waals surface area contributed by atoms with Crippen LogP contribution in [0.5, 0.6) is 0 Å². The summed E-state index contributed by atoms with van der Waals surface area (Å²) >= 11 is 0. The van der Waals surface area contributed by atoms with Gasteiger partial charge in [-0.05, 0) is 24.6 Å². The molecule has 0 aliphatic carbocycles. The van der Waals surface area contributed by atoms with Gasteiger partial charge in [-0.1, -0.05) is 12.1 Å². The highest BCUT2D eigenvalue weighted by molar-refractivity contribution is 5.88. The Morgan fingerprint density at radius 2 is 1.95 bits per heavy atom. The summed E-state index contributed by atoms with van der Waals surface area (Å²) in [5.41, 5.74) is 10.1. The van der Waals surface area contributed by atoms with E-state index in [4.69, 9.17) is 5.73 Å². The third-order valence-electron chi connectivity index (χ3n) is 3.21. The fourth-order valence-electron chi connectivity index (χ4n) is 2.30. The van der Waals surface area contributed by atoms with Crippen molar-refractivity contribution in [2.24, 2.45) is 7.05 Å². The number of aryl methyl sites for hydroxylation is 2. The van der Waals surface area contributed by atoms with Crippen molar-refractivity contribution in [1.82, 2.24) is 20.0 Å². The van der Waals surface area contributed by atoms with Crippen molar-refractivity contribution in [3.05, 3.63) is 42.0 Å². The highest BCUT2D eigenvalue weighted by Gasteiger charge is 2.18. The molecule has 0 fully saturated rings. The van der Waals surface area contributed by atoms with Gasteiger partial charge >= 0.3 is 0 Å². The number of hydrogen-bond acceptors (Lipinski definition) is 3. The Morgan fingerprint density at radius 3 is 2.55 bits per heavy atom. The largest absolute Gasteiger partial charge is 0.382 e. The van der Waals surface area contributed by atoms with E-state index < -0.39 is 0 Å². The minimum Gasteiger partial charge on any atom is -0.382 e. The summed E-state index contributed by atoms with van der Waals surface area (Å²) in [6.45, 7) is 1.92. The maximum absolute atomic E-state index is 13.1. The van der Waals surface area contributed by atoms with E-state index in [2.05, 4.69) is 15.3 Å². The standard InChI is InChI=1S/C14H14FN5/c1-8-11(7-20(2)19-8)13-12(14(16)18-17-13)9-3-5-10(15)6-4-9/h3-7H,1-2H3,(H3,16,17,18). The number of rotatable bonds is 2. The zero-order chi connectivity index (χ0) is 14.3. The molecule has 3 N–H and O–H groups in total. The Labute approximate surface area is 115 Å². The number of benzene rings is 1. The van der Waals surface area contributed by atoms with E-state index in [1.54, 1.807) is 16.8 Å². The molecule has 20 heavy (non-hydrogen) atoms. The summed E-state index contributed by atoms with van der Waals surface area (Å²) in [6, 6.07) is 6.18. The second-order valence-corrected chi connectivity index (χ2v) is 4.67. The van der Waals surface area contributed by atoms with E-state index in [1.807, 2.05) is 20.2 Å². The predicted octanol–water partition coefficient (Wildman–Crippen LogP) is 2.51. The maximum atomic E-state index is 13.1. The van der Waals surface area contributed by atoms with E-state index in [9.17, 15) is 4.39 Å². The lowest BCUT2D eigenvalue weighted by atomic mass is 10.0. The summed E-state index contributed by atoms with van der Waals surface area (Å²) in [5.74, 6) is 0.102. The first-order chi connectivity index (χ1) is 9.56. The molecule has 3 rings (SSSR count). The van der Waals surface area contributed by atoms with Crippen molar-refractivity contribution >= 4 is 5.82 Å². The zero-order valence-electron chi connectivity index (χ0n) is 11.2. The van der Waals surface area contributed by atoms with Gasteiger partial charge in [0.05, 0.1) is 17.0 Å². The molecule has 2 aromatic heterocycles. The van der Waals surface area contributed by atoms with Crippen LogP contribution in [0.15, 0.2) is 30.5 Å². The molecule has 1 aromatic carbocycles. The van der Waals surface area contributed by atoms with Crippen molar-refractivity contribution in [2.45, 2.75) is 6.92 Å². The fraction of sp³-hybridized carbons (Fsp3) is 0.143. The predicted molar refractivity (Wildman–Crippen MR) is 75.3 cm³/mol. The smallest absolute Gasteiger partial charge is 0.153 e. The van der Waals surface area contributed by atoms with E-state index in [-0.39, 0.29) is 5.82 Å². The molecule has 0 aliphatic heterocycles. The average Bonchev–Trinajstić information content (AvgIpc) is 2.93. The normalized spacial score (nSPS) is 10.9. The zero-order valence-corrected chi connectivity index (χ0v) is 11.2. The number of aromatic amines is 1. The lowest BCUT2D eigenvalue weighted by Crippen LogP contribution is -1.89. The van der Waals surface area contributed by atoms with Gasteiger partial charge in [0.15, 0.2) is 5.82 Å². The number of nitrogens with two attached hydrogens (primary N) is 1. The molecule has 0 aliphatic rings. The molecule has 0 amide bonds. The number of hydrogen-bond donors (Lipinski definition) is 2. The lowest BCUT2D eigenvalue weighted by Gasteiger charge is -2.03. The molecule has 3 aromatic rings. The van der Waals surface area contributed by atoms with Crippen LogP contribution in [-0.4, -0.2) is 20.0 Å². The molecule has 6 heteroatoms. The van der Waals surface area contributed by atoms with Crippen molar-refractivity contribution in [1.29, 1.82) is 0 Å². The van der Waals surface area contributed by atoms with Gasteiger partial charge < -0.3 is 5.73 Å². The summed E-state index contributed by atoms with van der Waals surface area (Å²) in [6.07, 6.45) is 1.90. The monoisotopic (exact) mass is 271 g/mol. The molecule has 0 saturated carbocycles. The summed E-state index contributed by atoms with van der Waals surface area (Å²) in [4.78, 5) is 0. The topological polar surface area (TPSA) is 72.5 Å². The van der Waals surface area contributed by atoms with E-state index in [0.29, 0.717) is 5.82 Å². The maximum Gasteiger partial charge on any atom is 0.153 e. The van der Waals surface area contributed by atoms with Crippen molar-refractivity contribution in [2.75, 3.05) is 5.73 Å². The first kappa shape index (κ1) is 12.4. The summed E-state index contributed by atoms with van der Waals surface area (Å²) < 4.78 is 14.8. The van der Waals surface area contributed by atoms with E-state index >= 15 is 0 Å². The molecule has 0 saturated heterocycles. The molecule has 0 radical (unpaired) electrons. The molecule has 0 bridgehead atoms. The van der Waals surface area contributed by atoms with Crippen LogP contribution in [-0.2, 0) is 7.05 Å². The molecule has 0 atom stereocenters. The van der Waals surface area contributed by atoms with Crippen LogP contribution < -0.4 is 5.73 Å². The van der Waals surface area contributed by atoms with Gasteiger partial charge in [-0.15, -0.1) is 0 Å². The molecular formula is C14H14FN5. The molecule has 102 valence electrons. The second kappa shape index (κ2) is 4.48. The third kappa shape index (κ3) is 1.95. The number of nitrogens with one attached hydrogen (secondary N) is 1. The Bertz CT molecular complexity index is 754. The van der Waals surface area contributed by atoms with Gasteiger partial charge in [0, 0.05) is 18.8 Å². The Hall–Kier alpha value is -2.63. The molecular weight excluding hydrogens is 257 g/mol. The van der Waals surface area contributed by atoms with Gasteiger partial charge in [-0.25, -0.2) is 4.39 Å². The lowest BCUT2D eigenvalue weighted by molar-refractivity contribution is 0.628. The second-order valence-electron chi connectivity index (χ2n) is 4.67. The highest BCUT2D eigenvalue weighted by Crippen LogP contribution is 2.35. The van der Waals surface area contributed by atoms with Gasteiger partial charge in [-0.2, -0.15) is 10.2 Å². The number of aromatic nitrogens is 4. The summed E-state index contributed by atoms with van der Waals surface area (Å²) in [5, 5.41) is 11.3. The molecule has 5 nitrogen and oxygen atoms in total. The van der Waals surface area contributed by atoms with Crippen LogP contribution in [0.1, 0.15) is 5.69 Å². The Kier molecular flexibility index (Phi) is 2.78. The third-order valence-corrected chi connectivity index (χ3v) is 3.21. The van der Waals surface area contributed by atoms with Gasteiger partial charge in [0.25, 0.3) is 0 Å². The Balaban J connectivity index is 2.19. The van der Waals surface area contributed by atoms with Crippen molar-refractivity contribution in [3.8, 4) is 22.4 Å². The number of nitrogens with zero attached hydrogens (tertiary/aromatic N) is 3. The molecule has 0 unspecified atom stereocenters. The Morgan fingerprint density at radius 1 is 1.25 bits per heavy atom. The molecule has 0 spiro atoms. The van der Waals surface area contributed by atoms with Gasteiger partial charge in [0.1, 0.15) is 5.82 Å². The minimum absolute atomic E-state index is 0.282. The van der Waals surface area contributed by atoms with Gasteiger partial charge in [-0.3, -0.25) is 9.78 Å².